The van der Waals surface area contributed by atoms with Gasteiger partial charge in [0, 0.05) is 28.4 Å². The van der Waals surface area contributed by atoms with Crippen molar-refractivity contribution in [3.05, 3.63) is 88.6 Å². The summed E-state index contributed by atoms with van der Waals surface area (Å²) >= 11 is 1.41. The van der Waals surface area contributed by atoms with Crippen molar-refractivity contribution in [1.29, 1.82) is 0 Å². The summed E-state index contributed by atoms with van der Waals surface area (Å²) in [4.78, 5) is 32.7. The first-order valence-electron chi connectivity index (χ1n) is 9.92. The SMILES string of the molecule is Cc1sc(-c2ccco2)nc1C(=O)Nc1ccc(C(=O)N2CCc3ccccc32)cc1. The molecule has 2 aromatic carbocycles. The van der Waals surface area contributed by atoms with Crippen molar-refractivity contribution in [1.82, 2.24) is 4.98 Å². The number of rotatable bonds is 4. The van der Waals surface area contributed by atoms with Gasteiger partial charge in [0.1, 0.15) is 5.69 Å². The lowest BCUT2D eigenvalue weighted by Gasteiger charge is -2.17. The number of para-hydroxylation sites is 1. The van der Waals surface area contributed by atoms with E-state index < -0.39 is 0 Å². The summed E-state index contributed by atoms with van der Waals surface area (Å²) < 4.78 is 5.37. The highest BCUT2D eigenvalue weighted by atomic mass is 32.1. The van der Waals surface area contributed by atoms with E-state index >= 15 is 0 Å². The molecule has 3 heterocycles. The average Bonchev–Trinajstić information content (AvgIpc) is 3.53. The fourth-order valence-corrected chi connectivity index (χ4v) is 4.58. The summed E-state index contributed by atoms with van der Waals surface area (Å²) in [6.07, 6.45) is 2.44. The molecule has 7 heteroatoms. The first kappa shape index (κ1) is 19.3. The third-order valence-corrected chi connectivity index (χ3v) is 6.25. The minimum absolute atomic E-state index is 0.0405. The number of anilines is 2. The number of benzene rings is 2. The molecular formula is C24H19N3O3S. The standard InChI is InChI=1S/C24H19N3O3S/c1-15-21(26-23(31-15)20-7-4-14-30-20)22(28)25-18-10-8-17(9-11-18)24(29)27-13-12-16-5-2-3-6-19(16)27/h2-11,14H,12-13H2,1H3,(H,25,28). The third kappa shape index (κ3) is 3.64. The Labute approximate surface area is 183 Å². The van der Waals surface area contributed by atoms with Crippen molar-refractivity contribution >= 4 is 34.5 Å². The fourth-order valence-electron chi connectivity index (χ4n) is 3.70. The lowest BCUT2D eigenvalue weighted by molar-refractivity contribution is 0.0988. The van der Waals surface area contributed by atoms with Gasteiger partial charge in [-0.25, -0.2) is 4.98 Å². The van der Waals surface area contributed by atoms with Gasteiger partial charge in [-0.15, -0.1) is 11.3 Å². The van der Waals surface area contributed by atoms with Crippen molar-refractivity contribution in [2.75, 3.05) is 16.8 Å². The quantitative estimate of drug-likeness (QED) is 0.486. The molecule has 154 valence electrons. The Bertz CT molecular complexity index is 1260. The van der Waals surface area contributed by atoms with Crippen LogP contribution in [0.25, 0.3) is 10.8 Å². The highest BCUT2D eigenvalue weighted by molar-refractivity contribution is 7.15. The number of fused-ring (bicyclic) bond motifs is 1. The van der Waals surface area contributed by atoms with Crippen LogP contribution in [0.3, 0.4) is 0 Å². The molecule has 0 aliphatic carbocycles. The van der Waals surface area contributed by atoms with Gasteiger partial charge in [0.05, 0.1) is 6.26 Å². The van der Waals surface area contributed by atoms with Gasteiger partial charge in [-0.1, -0.05) is 18.2 Å². The second-order valence-corrected chi connectivity index (χ2v) is 8.47. The second-order valence-electron chi connectivity index (χ2n) is 7.27. The van der Waals surface area contributed by atoms with Crippen LogP contribution in [-0.4, -0.2) is 23.3 Å². The highest BCUT2D eigenvalue weighted by Crippen LogP contribution is 2.30. The topological polar surface area (TPSA) is 75.4 Å². The minimum atomic E-state index is -0.292. The van der Waals surface area contributed by atoms with Gasteiger partial charge >= 0.3 is 0 Å². The van der Waals surface area contributed by atoms with E-state index in [0.29, 0.717) is 34.3 Å². The summed E-state index contributed by atoms with van der Waals surface area (Å²) in [5.74, 6) is 0.305. The van der Waals surface area contributed by atoms with Gasteiger partial charge in [0.2, 0.25) is 0 Å². The van der Waals surface area contributed by atoms with E-state index in [1.165, 1.54) is 16.9 Å². The number of aryl methyl sites for hydroxylation is 1. The largest absolute Gasteiger partial charge is 0.462 e. The predicted octanol–water partition coefficient (Wildman–Crippen LogP) is 5.17. The molecule has 31 heavy (non-hydrogen) atoms. The molecule has 0 unspecified atom stereocenters. The number of amides is 2. The van der Waals surface area contributed by atoms with E-state index in [-0.39, 0.29) is 11.8 Å². The number of aromatic nitrogens is 1. The molecule has 2 amide bonds. The van der Waals surface area contributed by atoms with Crippen LogP contribution >= 0.6 is 11.3 Å². The summed E-state index contributed by atoms with van der Waals surface area (Å²) in [6.45, 7) is 2.53. The van der Waals surface area contributed by atoms with E-state index in [9.17, 15) is 9.59 Å². The van der Waals surface area contributed by atoms with Crippen molar-refractivity contribution < 1.29 is 14.0 Å². The first-order chi connectivity index (χ1) is 15.1. The van der Waals surface area contributed by atoms with Gasteiger partial charge in [0.25, 0.3) is 11.8 Å². The molecule has 4 aromatic rings. The van der Waals surface area contributed by atoms with E-state index in [0.717, 1.165) is 17.0 Å². The summed E-state index contributed by atoms with van der Waals surface area (Å²) in [6, 6.07) is 18.5. The van der Waals surface area contributed by atoms with E-state index in [2.05, 4.69) is 16.4 Å². The Balaban J connectivity index is 1.30. The Morgan fingerprint density at radius 3 is 2.65 bits per heavy atom. The van der Waals surface area contributed by atoms with Crippen LogP contribution in [0.15, 0.2) is 71.3 Å². The number of nitrogens with zero attached hydrogens (tertiary/aromatic N) is 2. The smallest absolute Gasteiger partial charge is 0.275 e. The van der Waals surface area contributed by atoms with Gasteiger partial charge < -0.3 is 14.6 Å². The van der Waals surface area contributed by atoms with E-state index in [4.69, 9.17) is 4.42 Å². The van der Waals surface area contributed by atoms with E-state index in [1.54, 1.807) is 41.5 Å². The number of hydrogen-bond acceptors (Lipinski definition) is 5. The molecule has 0 bridgehead atoms. The Morgan fingerprint density at radius 2 is 1.87 bits per heavy atom. The molecule has 1 aliphatic rings. The van der Waals surface area contributed by atoms with Gasteiger partial charge in [0.15, 0.2) is 10.8 Å². The molecular weight excluding hydrogens is 410 g/mol. The second kappa shape index (κ2) is 7.85. The zero-order chi connectivity index (χ0) is 21.4. The monoisotopic (exact) mass is 429 g/mol. The van der Waals surface area contributed by atoms with Crippen molar-refractivity contribution in [2.45, 2.75) is 13.3 Å². The highest BCUT2D eigenvalue weighted by Gasteiger charge is 2.25. The zero-order valence-corrected chi connectivity index (χ0v) is 17.6. The first-order valence-corrected chi connectivity index (χ1v) is 10.7. The van der Waals surface area contributed by atoms with E-state index in [1.807, 2.05) is 31.2 Å². The lowest BCUT2D eigenvalue weighted by Crippen LogP contribution is -2.28. The van der Waals surface area contributed by atoms with Crippen LogP contribution in [0, 0.1) is 6.92 Å². The van der Waals surface area contributed by atoms with Crippen LogP contribution in [0.2, 0.25) is 0 Å². The van der Waals surface area contributed by atoms with Crippen molar-refractivity contribution in [3.63, 3.8) is 0 Å². The van der Waals surface area contributed by atoms with Crippen molar-refractivity contribution in [3.8, 4) is 10.8 Å². The molecule has 0 atom stereocenters. The maximum atomic E-state index is 12.9. The number of nitrogens with one attached hydrogen (secondary N) is 1. The number of carbonyl (C=O) groups is 2. The fraction of sp³-hybridized carbons (Fsp3) is 0.125. The van der Waals surface area contributed by atoms with Crippen LogP contribution in [-0.2, 0) is 6.42 Å². The lowest BCUT2D eigenvalue weighted by atomic mass is 10.1. The van der Waals surface area contributed by atoms with Crippen LogP contribution < -0.4 is 10.2 Å². The Kier molecular flexibility index (Phi) is 4.88. The van der Waals surface area contributed by atoms with Gasteiger partial charge in [-0.2, -0.15) is 0 Å². The van der Waals surface area contributed by atoms with Crippen molar-refractivity contribution in [2.24, 2.45) is 0 Å². The maximum absolute atomic E-state index is 12.9. The van der Waals surface area contributed by atoms with Crippen LogP contribution in [0.4, 0.5) is 11.4 Å². The summed E-state index contributed by atoms with van der Waals surface area (Å²) in [5, 5.41) is 3.52. The third-order valence-electron chi connectivity index (χ3n) is 5.27. The molecule has 0 saturated carbocycles. The predicted molar refractivity (Wildman–Crippen MR) is 121 cm³/mol. The normalized spacial score (nSPS) is 12.6. The van der Waals surface area contributed by atoms with Gasteiger partial charge in [-0.3, -0.25) is 9.59 Å². The number of hydrogen-bond donors (Lipinski definition) is 1. The number of thiazole rings is 1. The summed E-state index contributed by atoms with van der Waals surface area (Å²) in [7, 11) is 0. The molecule has 2 aromatic heterocycles. The maximum Gasteiger partial charge on any atom is 0.275 e. The molecule has 1 N–H and O–H groups in total. The zero-order valence-electron chi connectivity index (χ0n) is 16.8. The Hall–Kier alpha value is -3.71. The molecule has 0 saturated heterocycles. The molecule has 0 spiro atoms. The number of furan rings is 1. The number of carbonyl (C=O) groups excluding carboxylic acids is 2. The molecule has 0 fully saturated rings. The van der Waals surface area contributed by atoms with Crippen LogP contribution in [0.5, 0.6) is 0 Å². The summed E-state index contributed by atoms with van der Waals surface area (Å²) in [5.41, 5.74) is 3.71. The molecule has 5 rings (SSSR count). The molecule has 1 aliphatic heterocycles. The molecule has 6 nitrogen and oxygen atoms in total. The average molecular weight is 430 g/mol. The minimum Gasteiger partial charge on any atom is -0.462 e. The van der Waals surface area contributed by atoms with Crippen LogP contribution in [0.1, 0.15) is 31.3 Å². The molecule has 0 radical (unpaired) electrons. The van der Waals surface area contributed by atoms with Gasteiger partial charge in [-0.05, 0) is 61.4 Å². The Morgan fingerprint density at radius 1 is 1.06 bits per heavy atom.